The summed E-state index contributed by atoms with van der Waals surface area (Å²) >= 11 is 6.29. The van der Waals surface area contributed by atoms with Crippen molar-refractivity contribution in [1.82, 2.24) is 0 Å². The van der Waals surface area contributed by atoms with E-state index in [9.17, 15) is 0 Å². The Morgan fingerprint density at radius 1 is 1.24 bits per heavy atom. The van der Waals surface area contributed by atoms with Crippen molar-refractivity contribution in [1.29, 1.82) is 0 Å². The SMILES string of the molecule is CO[C@@H]1CC=CC[C@@H]1[C@H]1CN(c2ccccc2Cl)N=C1C. The van der Waals surface area contributed by atoms with Crippen LogP contribution in [-0.2, 0) is 4.74 Å². The lowest BCUT2D eigenvalue weighted by atomic mass is 9.79. The van der Waals surface area contributed by atoms with E-state index >= 15 is 0 Å². The molecule has 0 spiro atoms. The number of halogens is 1. The van der Waals surface area contributed by atoms with Crippen LogP contribution in [0.2, 0.25) is 5.02 Å². The van der Waals surface area contributed by atoms with Gasteiger partial charge in [-0.1, -0.05) is 35.9 Å². The van der Waals surface area contributed by atoms with E-state index < -0.39 is 0 Å². The van der Waals surface area contributed by atoms with Crippen LogP contribution >= 0.6 is 11.6 Å². The number of anilines is 1. The Bertz CT molecular complexity index is 570. The fourth-order valence-electron chi connectivity index (χ4n) is 3.39. The van der Waals surface area contributed by atoms with Crippen LogP contribution in [-0.4, -0.2) is 25.5 Å². The molecule has 2 aliphatic rings. The topological polar surface area (TPSA) is 24.8 Å². The zero-order chi connectivity index (χ0) is 14.8. The lowest BCUT2D eigenvalue weighted by Crippen LogP contribution is -2.36. The molecular weight excluding hydrogens is 284 g/mol. The number of hydrogen-bond donors (Lipinski definition) is 0. The summed E-state index contributed by atoms with van der Waals surface area (Å²) in [6, 6.07) is 7.88. The minimum Gasteiger partial charge on any atom is -0.381 e. The molecule has 0 amide bonds. The quantitative estimate of drug-likeness (QED) is 0.784. The summed E-state index contributed by atoms with van der Waals surface area (Å²) in [5.74, 6) is 0.924. The fourth-order valence-corrected chi connectivity index (χ4v) is 3.62. The number of methoxy groups -OCH3 is 1. The number of para-hydroxylation sites is 1. The summed E-state index contributed by atoms with van der Waals surface area (Å²) < 4.78 is 5.68. The predicted molar refractivity (Wildman–Crippen MR) is 88.1 cm³/mol. The highest BCUT2D eigenvalue weighted by molar-refractivity contribution is 6.33. The van der Waals surface area contributed by atoms with Crippen molar-refractivity contribution in [3.8, 4) is 0 Å². The largest absolute Gasteiger partial charge is 0.381 e. The van der Waals surface area contributed by atoms with Crippen molar-refractivity contribution in [2.24, 2.45) is 16.9 Å². The molecule has 0 unspecified atom stereocenters. The van der Waals surface area contributed by atoms with Crippen molar-refractivity contribution in [3.05, 3.63) is 41.4 Å². The van der Waals surface area contributed by atoms with E-state index in [0.717, 1.165) is 30.1 Å². The van der Waals surface area contributed by atoms with Crippen LogP contribution in [0, 0.1) is 11.8 Å². The molecule has 1 aromatic carbocycles. The van der Waals surface area contributed by atoms with Gasteiger partial charge in [-0.3, -0.25) is 5.01 Å². The van der Waals surface area contributed by atoms with Crippen LogP contribution in [0.25, 0.3) is 0 Å². The normalized spacial score (nSPS) is 28.8. The van der Waals surface area contributed by atoms with Gasteiger partial charge in [-0.05, 0) is 37.8 Å². The number of nitrogens with zero attached hydrogens (tertiary/aromatic N) is 2. The van der Waals surface area contributed by atoms with Crippen LogP contribution in [0.5, 0.6) is 0 Å². The summed E-state index contributed by atoms with van der Waals surface area (Å²) in [5.41, 5.74) is 2.17. The molecule has 1 aliphatic carbocycles. The van der Waals surface area contributed by atoms with Crippen LogP contribution < -0.4 is 5.01 Å². The van der Waals surface area contributed by atoms with Crippen LogP contribution in [0.1, 0.15) is 19.8 Å². The summed E-state index contributed by atoms with van der Waals surface area (Å²) in [4.78, 5) is 0. The molecule has 0 aromatic heterocycles. The molecule has 21 heavy (non-hydrogen) atoms. The summed E-state index contributed by atoms with van der Waals surface area (Å²) in [5, 5.41) is 7.52. The average molecular weight is 305 g/mol. The molecule has 3 nitrogen and oxygen atoms in total. The predicted octanol–water partition coefficient (Wildman–Crippen LogP) is 4.13. The second-order valence-corrected chi connectivity index (χ2v) is 6.17. The first-order valence-electron chi connectivity index (χ1n) is 7.45. The maximum atomic E-state index is 6.29. The number of ether oxygens (including phenoxy) is 1. The zero-order valence-corrected chi connectivity index (χ0v) is 13.3. The lowest BCUT2D eigenvalue weighted by Gasteiger charge is -2.32. The third-order valence-corrected chi connectivity index (χ3v) is 4.88. The van der Waals surface area contributed by atoms with Crippen LogP contribution in [0.15, 0.2) is 41.5 Å². The van der Waals surface area contributed by atoms with Crippen molar-refractivity contribution in [2.75, 3.05) is 18.7 Å². The highest BCUT2D eigenvalue weighted by Gasteiger charge is 2.36. The number of hydrazone groups is 1. The molecule has 0 saturated carbocycles. The van der Waals surface area contributed by atoms with E-state index in [1.54, 1.807) is 0 Å². The Morgan fingerprint density at radius 2 is 2.00 bits per heavy atom. The molecule has 0 radical (unpaired) electrons. The van der Waals surface area contributed by atoms with Crippen molar-refractivity contribution in [3.63, 3.8) is 0 Å². The first kappa shape index (κ1) is 14.6. The molecule has 1 aliphatic heterocycles. The Labute approximate surface area is 131 Å². The van der Waals surface area contributed by atoms with E-state index in [2.05, 4.69) is 19.1 Å². The first-order chi connectivity index (χ1) is 10.2. The Balaban J connectivity index is 1.80. The van der Waals surface area contributed by atoms with Gasteiger partial charge < -0.3 is 4.74 Å². The van der Waals surface area contributed by atoms with Crippen molar-refractivity contribution in [2.45, 2.75) is 25.9 Å². The Morgan fingerprint density at radius 3 is 2.76 bits per heavy atom. The van der Waals surface area contributed by atoms with E-state index in [1.165, 1.54) is 5.71 Å². The van der Waals surface area contributed by atoms with Gasteiger partial charge in [0.2, 0.25) is 0 Å². The minimum atomic E-state index is 0.288. The van der Waals surface area contributed by atoms with Gasteiger partial charge in [0, 0.05) is 18.7 Å². The monoisotopic (exact) mass is 304 g/mol. The molecule has 3 rings (SSSR count). The van der Waals surface area contributed by atoms with Crippen molar-refractivity contribution >= 4 is 23.0 Å². The second kappa shape index (κ2) is 6.20. The van der Waals surface area contributed by atoms with Gasteiger partial charge in [0.25, 0.3) is 0 Å². The molecule has 0 N–H and O–H groups in total. The van der Waals surface area contributed by atoms with E-state index in [-0.39, 0.29) is 6.10 Å². The van der Waals surface area contributed by atoms with Gasteiger partial charge in [-0.25, -0.2) is 0 Å². The van der Waals surface area contributed by atoms with Gasteiger partial charge in [-0.15, -0.1) is 0 Å². The number of hydrogen-bond acceptors (Lipinski definition) is 3. The highest BCUT2D eigenvalue weighted by atomic mass is 35.5. The lowest BCUT2D eigenvalue weighted by molar-refractivity contribution is 0.0394. The summed E-state index contributed by atoms with van der Waals surface area (Å²) in [7, 11) is 1.81. The smallest absolute Gasteiger partial charge is 0.0780 e. The second-order valence-electron chi connectivity index (χ2n) is 5.76. The van der Waals surface area contributed by atoms with Crippen LogP contribution in [0.4, 0.5) is 5.69 Å². The molecule has 112 valence electrons. The minimum absolute atomic E-state index is 0.288. The Kier molecular flexibility index (Phi) is 4.32. The third kappa shape index (κ3) is 2.85. The third-order valence-electron chi connectivity index (χ3n) is 4.56. The summed E-state index contributed by atoms with van der Waals surface area (Å²) in [6.07, 6.45) is 6.84. The summed E-state index contributed by atoms with van der Waals surface area (Å²) in [6.45, 7) is 3.00. The maximum Gasteiger partial charge on any atom is 0.0780 e. The zero-order valence-electron chi connectivity index (χ0n) is 12.5. The number of rotatable bonds is 3. The Hall–Kier alpha value is -1.32. The molecule has 3 atom stereocenters. The standard InChI is InChI=1S/C17H21ClN2O/c1-12-14(13-7-3-6-10-17(13)21-2)11-20(19-12)16-9-5-4-8-15(16)18/h3-6,8-9,13-14,17H,7,10-11H2,1-2H3/t13-,14+,17-/m1/s1. The fraction of sp³-hybridized carbons (Fsp3) is 0.471. The maximum absolute atomic E-state index is 6.29. The van der Waals surface area contributed by atoms with Gasteiger partial charge in [0.05, 0.1) is 23.4 Å². The van der Waals surface area contributed by atoms with Crippen molar-refractivity contribution < 1.29 is 4.74 Å². The molecular formula is C17H21ClN2O. The van der Waals surface area contributed by atoms with E-state index in [0.29, 0.717) is 11.8 Å². The van der Waals surface area contributed by atoms with Gasteiger partial charge in [0.15, 0.2) is 0 Å². The molecule has 0 saturated heterocycles. The highest BCUT2D eigenvalue weighted by Crippen LogP contribution is 2.36. The molecule has 0 fully saturated rings. The number of benzene rings is 1. The molecule has 4 heteroatoms. The molecule has 1 heterocycles. The number of allylic oxidation sites excluding steroid dienone is 1. The van der Waals surface area contributed by atoms with E-state index in [4.69, 9.17) is 21.4 Å². The average Bonchev–Trinajstić information content (AvgIpc) is 2.89. The van der Waals surface area contributed by atoms with Gasteiger partial charge >= 0.3 is 0 Å². The molecule has 1 aromatic rings. The van der Waals surface area contributed by atoms with Gasteiger partial charge in [0.1, 0.15) is 0 Å². The van der Waals surface area contributed by atoms with Gasteiger partial charge in [-0.2, -0.15) is 5.10 Å². The van der Waals surface area contributed by atoms with Crippen LogP contribution in [0.3, 0.4) is 0 Å². The first-order valence-corrected chi connectivity index (χ1v) is 7.83. The molecule has 0 bridgehead atoms. The van der Waals surface area contributed by atoms with E-state index in [1.807, 2.05) is 36.4 Å².